The minimum Gasteiger partial charge on any atom is -0.432 e. The van der Waals surface area contributed by atoms with Gasteiger partial charge in [-0.05, 0) is 31.0 Å². The second kappa shape index (κ2) is 6.27. The minimum atomic E-state index is -0.109. The molecule has 0 saturated carbocycles. The molecule has 1 atom stereocenters. The van der Waals surface area contributed by atoms with Crippen molar-refractivity contribution in [1.29, 1.82) is 0 Å². The molecule has 0 amide bonds. The predicted octanol–water partition coefficient (Wildman–Crippen LogP) is 1.96. The molecule has 1 saturated heterocycles. The van der Waals surface area contributed by atoms with E-state index in [0.717, 1.165) is 30.6 Å². The summed E-state index contributed by atoms with van der Waals surface area (Å²) in [5, 5.41) is 4.51. The zero-order chi connectivity index (χ0) is 16.4. The van der Waals surface area contributed by atoms with Gasteiger partial charge in [0.15, 0.2) is 0 Å². The van der Waals surface area contributed by atoms with Gasteiger partial charge in [-0.3, -0.25) is 9.78 Å². The van der Waals surface area contributed by atoms with Crippen LogP contribution < -0.4 is 10.5 Å². The summed E-state index contributed by atoms with van der Waals surface area (Å²) in [5.74, 6) is 0. The SMILES string of the molecule is O=c1ccc(-c2cccnc2)nn1CC1CCCN1c1ncco1. The molecule has 7 nitrogen and oxygen atoms in total. The molecule has 0 aromatic carbocycles. The summed E-state index contributed by atoms with van der Waals surface area (Å²) in [4.78, 5) is 22.6. The van der Waals surface area contributed by atoms with Gasteiger partial charge in [0.05, 0.1) is 24.5 Å². The van der Waals surface area contributed by atoms with Crippen molar-refractivity contribution in [3.8, 4) is 11.3 Å². The first-order valence-electron chi connectivity index (χ1n) is 7.96. The van der Waals surface area contributed by atoms with Crippen molar-refractivity contribution in [3.05, 3.63) is 59.5 Å². The summed E-state index contributed by atoms with van der Waals surface area (Å²) in [7, 11) is 0. The molecule has 1 fully saturated rings. The van der Waals surface area contributed by atoms with E-state index in [1.165, 1.54) is 4.68 Å². The molecule has 3 aromatic heterocycles. The van der Waals surface area contributed by atoms with Crippen molar-refractivity contribution >= 4 is 6.01 Å². The Balaban J connectivity index is 1.61. The standard InChI is InChI=1S/C17H17N5O2/c23-16-6-5-15(13-3-1-7-18-11-13)20-22(16)12-14-4-2-9-21(14)17-19-8-10-24-17/h1,3,5-8,10-11,14H,2,4,9,12H2. The van der Waals surface area contributed by atoms with Crippen molar-refractivity contribution in [2.24, 2.45) is 0 Å². The lowest BCUT2D eigenvalue weighted by Gasteiger charge is -2.23. The van der Waals surface area contributed by atoms with Gasteiger partial charge < -0.3 is 9.32 Å². The molecule has 0 spiro atoms. The minimum absolute atomic E-state index is 0.109. The summed E-state index contributed by atoms with van der Waals surface area (Å²) >= 11 is 0. The molecule has 4 rings (SSSR count). The van der Waals surface area contributed by atoms with Crippen LogP contribution in [0, 0.1) is 0 Å². The van der Waals surface area contributed by atoms with Gasteiger partial charge in [0.2, 0.25) is 0 Å². The van der Waals surface area contributed by atoms with Crippen molar-refractivity contribution in [2.45, 2.75) is 25.4 Å². The molecule has 0 N–H and O–H groups in total. The van der Waals surface area contributed by atoms with Crippen LogP contribution in [0.5, 0.6) is 0 Å². The van der Waals surface area contributed by atoms with E-state index in [0.29, 0.717) is 12.6 Å². The highest BCUT2D eigenvalue weighted by atomic mass is 16.4. The molecule has 24 heavy (non-hydrogen) atoms. The maximum absolute atomic E-state index is 12.2. The number of pyridine rings is 1. The molecular weight excluding hydrogens is 306 g/mol. The zero-order valence-electron chi connectivity index (χ0n) is 13.1. The third-order valence-electron chi connectivity index (χ3n) is 4.25. The first-order valence-corrected chi connectivity index (χ1v) is 7.96. The first kappa shape index (κ1) is 14.6. The summed E-state index contributed by atoms with van der Waals surface area (Å²) in [6.07, 6.45) is 8.69. The van der Waals surface area contributed by atoms with Gasteiger partial charge in [0, 0.05) is 30.6 Å². The predicted molar refractivity (Wildman–Crippen MR) is 88.6 cm³/mol. The van der Waals surface area contributed by atoms with Crippen molar-refractivity contribution in [1.82, 2.24) is 19.7 Å². The molecular formula is C17H17N5O2. The molecule has 7 heteroatoms. The summed E-state index contributed by atoms with van der Waals surface area (Å²) in [5.41, 5.74) is 1.52. The van der Waals surface area contributed by atoms with E-state index in [9.17, 15) is 4.79 Å². The number of hydrogen-bond donors (Lipinski definition) is 0. The smallest absolute Gasteiger partial charge is 0.297 e. The zero-order valence-corrected chi connectivity index (χ0v) is 13.1. The number of rotatable bonds is 4. The summed E-state index contributed by atoms with van der Waals surface area (Å²) in [6.45, 7) is 1.39. The van der Waals surface area contributed by atoms with E-state index < -0.39 is 0 Å². The third kappa shape index (κ3) is 2.80. The lowest BCUT2D eigenvalue weighted by molar-refractivity contribution is 0.459. The van der Waals surface area contributed by atoms with Crippen molar-refractivity contribution < 1.29 is 4.42 Å². The molecule has 0 radical (unpaired) electrons. The Morgan fingerprint density at radius 1 is 1.25 bits per heavy atom. The molecule has 1 unspecified atom stereocenters. The van der Waals surface area contributed by atoms with Gasteiger partial charge in [-0.1, -0.05) is 0 Å². The fourth-order valence-corrected chi connectivity index (χ4v) is 3.08. The van der Waals surface area contributed by atoms with Crippen LogP contribution >= 0.6 is 0 Å². The van der Waals surface area contributed by atoms with E-state index in [2.05, 4.69) is 20.0 Å². The van der Waals surface area contributed by atoms with E-state index in [1.54, 1.807) is 37.0 Å². The molecule has 0 aliphatic carbocycles. The molecule has 1 aliphatic rings. The second-order valence-corrected chi connectivity index (χ2v) is 5.78. The van der Waals surface area contributed by atoms with Gasteiger partial charge in [-0.25, -0.2) is 9.67 Å². The van der Waals surface area contributed by atoms with Crippen LogP contribution in [-0.4, -0.2) is 32.3 Å². The Morgan fingerprint density at radius 2 is 2.21 bits per heavy atom. The van der Waals surface area contributed by atoms with E-state index >= 15 is 0 Å². The fraction of sp³-hybridized carbons (Fsp3) is 0.294. The summed E-state index contributed by atoms with van der Waals surface area (Å²) < 4.78 is 6.93. The largest absolute Gasteiger partial charge is 0.432 e. The Bertz CT molecular complexity index is 860. The molecule has 1 aliphatic heterocycles. The van der Waals surface area contributed by atoms with E-state index in [4.69, 9.17) is 4.42 Å². The highest BCUT2D eigenvalue weighted by Crippen LogP contribution is 2.24. The Hall–Kier alpha value is -2.96. The van der Waals surface area contributed by atoms with Gasteiger partial charge in [-0.15, -0.1) is 0 Å². The van der Waals surface area contributed by atoms with Gasteiger partial charge in [0.25, 0.3) is 11.6 Å². The molecule has 3 aromatic rings. The maximum Gasteiger partial charge on any atom is 0.297 e. The molecule has 4 heterocycles. The van der Waals surface area contributed by atoms with Gasteiger partial charge in [-0.2, -0.15) is 5.10 Å². The maximum atomic E-state index is 12.2. The second-order valence-electron chi connectivity index (χ2n) is 5.78. The Kier molecular flexibility index (Phi) is 3.82. The number of nitrogens with zero attached hydrogens (tertiary/aromatic N) is 5. The van der Waals surface area contributed by atoms with Crippen LogP contribution in [0.2, 0.25) is 0 Å². The van der Waals surface area contributed by atoms with Crippen LogP contribution in [0.1, 0.15) is 12.8 Å². The average molecular weight is 323 g/mol. The number of anilines is 1. The van der Waals surface area contributed by atoms with Crippen molar-refractivity contribution in [3.63, 3.8) is 0 Å². The first-order chi connectivity index (χ1) is 11.8. The number of oxazole rings is 1. The van der Waals surface area contributed by atoms with Crippen LogP contribution in [-0.2, 0) is 6.54 Å². The van der Waals surface area contributed by atoms with Gasteiger partial charge in [0.1, 0.15) is 6.26 Å². The third-order valence-corrected chi connectivity index (χ3v) is 4.25. The number of hydrogen-bond acceptors (Lipinski definition) is 6. The highest BCUT2D eigenvalue weighted by Gasteiger charge is 2.28. The fourth-order valence-electron chi connectivity index (χ4n) is 3.08. The lowest BCUT2D eigenvalue weighted by atomic mass is 10.2. The Labute approximate surface area is 138 Å². The summed E-state index contributed by atoms with van der Waals surface area (Å²) in [6, 6.07) is 7.83. The topological polar surface area (TPSA) is 77.1 Å². The lowest BCUT2D eigenvalue weighted by Crippen LogP contribution is -2.37. The van der Waals surface area contributed by atoms with Crippen LogP contribution in [0.25, 0.3) is 11.3 Å². The van der Waals surface area contributed by atoms with Crippen LogP contribution in [0.4, 0.5) is 6.01 Å². The average Bonchev–Trinajstić information content (AvgIpc) is 3.29. The van der Waals surface area contributed by atoms with E-state index in [-0.39, 0.29) is 11.6 Å². The van der Waals surface area contributed by atoms with Crippen LogP contribution in [0.3, 0.4) is 0 Å². The quantitative estimate of drug-likeness (QED) is 0.730. The highest BCUT2D eigenvalue weighted by molar-refractivity contribution is 5.56. The monoisotopic (exact) mass is 323 g/mol. The van der Waals surface area contributed by atoms with Crippen molar-refractivity contribution in [2.75, 3.05) is 11.4 Å². The normalized spacial score (nSPS) is 17.3. The van der Waals surface area contributed by atoms with E-state index in [1.807, 2.05) is 12.1 Å². The Morgan fingerprint density at radius 3 is 3.00 bits per heavy atom. The van der Waals surface area contributed by atoms with Crippen LogP contribution in [0.15, 0.2) is 58.3 Å². The molecule has 0 bridgehead atoms. The number of aromatic nitrogens is 4. The molecule has 122 valence electrons. The van der Waals surface area contributed by atoms with Gasteiger partial charge >= 0.3 is 0 Å².